The number of hydrogen-bond donors (Lipinski definition) is 0. The molecule has 0 bridgehead atoms. The molecule has 0 saturated heterocycles. The Morgan fingerprint density at radius 2 is 2.31 bits per heavy atom. The maximum absolute atomic E-state index is 11.4. The number of nitrogens with zero attached hydrogens (tertiary/aromatic N) is 4. The molecule has 0 aliphatic heterocycles. The van der Waals surface area contributed by atoms with Crippen LogP contribution in [0.2, 0.25) is 0 Å². The zero-order chi connectivity index (χ0) is 12.3. The Morgan fingerprint density at radius 1 is 1.69 bits per heavy atom. The van der Waals surface area contributed by atoms with E-state index in [9.17, 15) is 4.79 Å². The second-order valence-corrected chi connectivity index (χ2v) is 4.39. The largest absolute Gasteiger partial charge is 0.298 e. The minimum atomic E-state index is -1.01. The molecule has 0 aliphatic rings. The fraction of sp³-hybridized carbons (Fsp3) is 0.636. The normalized spacial score (nSPS) is 14.5. The van der Waals surface area contributed by atoms with E-state index in [4.69, 9.17) is 5.26 Å². The Bertz CT molecular complexity index is 429. The lowest BCUT2D eigenvalue weighted by atomic mass is 9.84. The highest BCUT2D eigenvalue weighted by atomic mass is 16.1. The lowest BCUT2D eigenvalue weighted by Crippen LogP contribution is -2.28. The maximum Gasteiger partial charge on any atom is 0.150 e. The number of carbonyl (C=O) groups is 1. The minimum Gasteiger partial charge on any atom is -0.298 e. The molecular formula is C11H16N4O. The molecule has 0 aromatic carbocycles. The summed E-state index contributed by atoms with van der Waals surface area (Å²) in [5.41, 5.74) is -1.01. The average Bonchev–Trinajstić information content (AvgIpc) is 2.65. The van der Waals surface area contributed by atoms with Gasteiger partial charge in [0.2, 0.25) is 0 Å². The van der Waals surface area contributed by atoms with Gasteiger partial charge in [-0.1, -0.05) is 0 Å². The second-order valence-electron chi connectivity index (χ2n) is 4.39. The van der Waals surface area contributed by atoms with Crippen LogP contribution >= 0.6 is 0 Å². The molecule has 5 heteroatoms. The lowest BCUT2D eigenvalue weighted by molar-refractivity contribution is -0.123. The van der Waals surface area contributed by atoms with Crippen molar-refractivity contribution in [2.24, 2.45) is 5.41 Å². The van der Waals surface area contributed by atoms with Crippen LogP contribution in [0.1, 0.15) is 39.6 Å². The van der Waals surface area contributed by atoms with Gasteiger partial charge in [0.15, 0.2) is 0 Å². The van der Waals surface area contributed by atoms with E-state index in [1.165, 1.54) is 13.3 Å². The summed E-state index contributed by atoms with van der Waals surface area (Å²) < 4.78 is 1.73. The van der Waals surface area contributed by atoms with Crippen LogP contribution in [0.5, 0.6) is 0 Å². The van der Waals surface area contributed by atoms with E-state index in [1.54, 1.807) is 11.6 Å². The van der Waals surface area contributed by atoms with Gasteiger partial charge in [0.1, 0.15) is 23.3 Å². The van der Waals surface area contributed by atoms with Crippen molar-refractivity contribution >= 4 is 5.78 Å². The molecule has 0 spiro atoms. The molecular weight excluding hydrogens is 204 g/mol. The highest BCUT2D eigenvalue weighted by molar-refractivity contribution is 5.84. The van der Waals surface area contributed by atoms with Crippen LogP contribution in [-0.2, 0) is 11.2 Å². The predicted octanol–water partition coefficient (Wildman–Crippen LogP) is 1.52. The van der Waals surface area contributed by atoms with E-state index in [0.29, 0.717) is 12.2 Å². The fourth-order valence-corrected chi connectivity index (χ4v) is 1.39. The zero-order valence-corrected chi connectivity index (χ0v) is 10.1. The van der Waals surface area contributed by atoms with Crippen molar-refractivity contribution in [2.75, 3.05) is 0 Å². The quantitative estimate of drug-likeness (QED) is 0.771. The van der Waals surface area contributed by atoms with Crippen molar-refractivity contribution in [2.45, 2.75) is 40.2 Å². The van der Waals surface area contributed by atoms with Crippen molar-refractivity contribution < 1.29 is 4.79 Å². The van der Waals surface area contributed by atoms with Gasteiger partial charge in [0, 0.05) is 12.5 Å². The Hall–Kier alpha value is -1.70. The summed E-state index contributed by atoms with van der Waals surface area (Å²) in [5.74, 6) is 0.530. The first kappa shape index (κ1) is 12.4. The molecule has 1 rings (SSSR count). The summed E-state index contributed by atoms with van der Waals surface area (Å²) in [4.78, 5) is 15.5. The monoisotopic (exact) mass is 220 g/mol. The molecule has 1 heterocycles. The summed E-state index contributed by atoms with van der Waals surface area (Å²) in [7, 11) is 0. The number of Topliss-reactive ketones (excluding diaryl/α,β-unsaturated/α-hetero) is 1. The van der Waals surface area contributed by atoms with E-state index < -0.39 is 5.41 Å². The summed E-state index contributed by atoms with van der Waals surface area (Å²) in [6.45, 7) is 7.03. The first-order valence-corrected chi connectivity index (χ1v) is 5.21. The lowest BCUT2D eigenvalue weighted by Gasteiger charge is -2.18. The molecule has 1 aromatic rings. The Kier molecular flexibility index (Phi) is 3.43. The van der Waals surface area contributed by atoms with Gasteiger partial charge in [-0.25, -0.2) is 9.67 Å². The molecule has 0 N–H and O–H groups in total. The van der Waals surface area contributed by atoms with Gasteiger partial charge < -0.3 is 0 Å². The number of ketones is 1. The Morgan fingerprint density at radius 3 is 2.75 bits per heavy atom. The van der Waals surface area contributed by atoms with E-state index >= 15 is 0 Å². The molecule has 1 aromatic heterocycles. The molecule has 0 aliphatic carbocycles. The predicted molar refractivity (Wildman–Crippen MR) is 58.5 cm³/mol. The SMILES string of the molecule is CC(=O)C(C)(C#N)Cc1ncnn1C(C)C. The van der Waals surface area contributed by atoms with Crippen molar-refractivity contribution in [3.8, 4) is 6.07 Å². The number of nitriles is 1. The molecule has 0 amide bonds. The first-order chi connectivity index (χ1) is 7.40. The smallest absolute Gasteiger partial charge is 0.150 e. The van der Waals surface area contributed by atoms with E-state index in [-0.39, 0.29) is 11.8 Å². The molecule has 1 unspecified atom stereocenters. The van der Waals surface area contributed by atoms with Crippen LogP contribution in [0.25, 0.3) is 0 Å². The highest BCUT2D eigenvalue weighted by Gasteiger charge is 2.32. The third kappa shape index (κ3) is 2.27. The molecule has 16 heavy (non-hydrogen) atoms. The standard InChI is InChI=1S/C11H16N4O/c1-8(2)15-10(13-7-14-15)5-11(4,6-12)9(3)16/h7-8H,5H2,1-4H3. The van der Waals surface area contributed by atoms with Crippen molar-refractivity contribution in [3.05, 3.63) is 12.2 Å². The molecule has 86 valence electrons. The van der Waals surface area contributed by atoms with Gasteiger partial charge in [-0.15, -0.1) is 0 Å². The minimum absolute atomic E-state index is 0.145. The summed E-state index contributed by atoms with van der Waals surface area (Å²) in [5, 5.41) is 13.1. The third-order valence-electron chi connectivity index (χ3n) is 2.67. The highest BCUT2D eigenvalue weighted by Crippen LogP contribution is 2.22. The topological polar surface area (TPSA) is 71.6 Å². The number of carbonyl (C=O) groups excluding carboxylic acids is 1. The number of rotatable bonds is 4. The third-order valence-corrected chi connectivity index (χ3v) is 2.67. The summed E-state index contributed by atoms with van der Waals surface area (Å²) in [6.07, 6.45) is 1.75. The van der Waals surface area contributed by atoms with Crippen LogP contribution < -0.4 is 0 Å². The Balaban J connectivity index is 3.01. The molecule has 1 atom stereocenters. The Labute approximate surface area is 95.1 Å². The van der Waals surface area contributed by atoms with E-state index in [1.807, 2.05) is 13.8 Å². The van der Waals surface area contributed by atoms with Gasteiger partial charge in [-0.05, 0) is 27.7 Å². The van der Waals surface area contributed by atoms with Gasteiger partial charge in [-0.2, -0.15) is 10.4 Å². The van der Waals surface area contributed by atoms with Gasteiger partial charge in [-0.3, -0.25) is 4.79 Å². The van der Waals surface area contributed by atoms with Crippen LogP contribution in [0, 0.1) is 16.7 Å². The summed E-state index contributed by atoms with van der Waals surface area (Å²) >= 11 is 0. The first-order valence-electron chi connectivity index (χ1n) is 5.21. The molecule has 0 radical (unpaired) electrons. The van der Waals surface area contributed by atoms with Crippen LogP contribution in [0.3, 0.4) is 0 Å². The van der Waals surface area contributed by atoms with Crippen LogP contribution in [-0.4, -0.2) is 20.5 Å². The van der Waals surface area contributed by atoms with Crippen LogP contribution in [0.4, 0.5) is 0 Å². The average molecular weight is 220 g/mol. The van der Waals surface area contributed by atoms with Crippen molar-refractivity contribution in [3.63, 3.8) is 0 Å². The van der Waals surface area contributed by atoms with Gasteiger partial charge in [0.25, 0.3) is 0 Å². The zero-order valence-electron chi connectivity index (χ0n) is 10.1. The molecule has 0 fully saturated rings. The van der Waals surface area contributed by atoms with Crippen molar-refractivity contribution in [1.82, 2.24) is 14.8 Å². The van der Waals surface area contributed by atoms with Gasteiger partial charge >= 0.3 is 0 Å². The molecule has 5 nitrogen and oxygen atoms in total. The van der Waals surface area contributed by atoms with E-state index in [2.05, 4.69) is 16.2 Å². The second kappa shape index (κ2) is 4.44. The number of hydrogen-bond acceptors (Lipinski definition) is 4. The van der Waals surface area contributed by atoms with Crippen molar-refractivity contribution in [1.29, 1.82) is 5.26 Å². The molecule has 0 saturated carbocycles. The fourth-order valence-electron chi connectivity index (χ4n) is 1.39. The van der Waals surface area contributed by atoms with Gasteiger partial charge in [0.05, 0.1) is 6.07 Å². The van der Waals surface area contributed by atoms with Crippen LogP contribution in [0.15, 0.2) is 6.33 Å². The number of aromatic nitrogens is 3. The van der Waals surface area contributed by atoms with E-state index in [0.717, 1.165) is 0 Å². The maximum atomic E-state index is 11.4. The summed E-state index contributed by atoms with van der Waals surface area (Å²) in [6, 6.07) is 2.23.